The van der Waals surface area contributed by atoms with Crippen LogP contribution in [0.1, 0.15) is 45.4 Å². The first kappa shape index (κ1) is 13.6. The Hall–Kier alpha value is -0.830. The zero-order valence-corrected chi connectivity index (χ0v) is 11.7. The molecular formula is C15H27N3. The van der Waals surface area contributed by atoms with E-state index in [0.717, 1.165) is 12.5 Å². The number of hydrogen-bond acceptors (Lipinski definition) is 2. The summed E-state index contributed by atoms with van der Waals surface area (Å²) >= 11 is 0. The molecule has 1 aromatic rings. The van der Waals surface area contributed by atoms with E-state index in [1.165, 1.54) is 58.2 Å². The molecule has 1 aliphatic heterocycles. The predicted molar refractivity (Wildman–Crippen MR) is 75.5 cm³/mol. The third kappa shape index (κ3) is 4.45. The fourth-order valence-electron chi connectivity index (χ4n) is 2.83. The number of likely N-dealkylation sites (tertiary alicyclic amines) is 1. The third-order valence-corrected chi connectivity index (χ3v) is 4.11. The van der Waals surface area contributed by atoms with Crippen molar-refractivity contribution in [2.45, 2.75) is 52.0 Å². The highest BCUT2D eigenvalue weighted by atomic mass is 15.3. The Bertz CT molecular complexity index is 300. The Morgan fingerprint density at radius 1 is 1.17 bits per heavy atom. The molecule has 0 N–H and O–H groups in total. The maximum Gasteiger partial charge on any atom is 0.0489 e. The van der Waals surface area contributed by atoms with Gasteiger partial charge in [-0.3, -0.25) is 4.68 Å². The molecule has 18 heavy (non-hydrogen) atoms. The second-order valence-corrected chi connectivity index (χ2v) is 5.55. The quantitative estimate of drug-likeness (QED) is 0.692. The van der Waals surface area contributed by atoms with Crippen molar-refractivity contribution < 1.29 is 0 Å². The average molecular weight is 249 g/mol. The van der Waals surface area contributed by atoms with Gasteiger partial charge in [-0.15, -0.1) is 0 Å². The Kier molecular flexibility index (Phi) is 5.72. The van der Waals surface area contributed by atoms with Gasteiger partial charge >= 0.3 is 0 Å². The van der Waals surface area contributed by atoms with Crippen LogP contribution in [-0.4, -0.2) is 34.3 Å². The standard InChI is InChI=1S/C15H27N3/c1-2-3-4-10-17-12-6-15(7-13-17)8-14-18-11-5-9-16-18/h5,9,11,15H,2-4,6-8,10,12-14H2,1H3. The number of aryl methyl sites for hydroxylation is 1. The lowest BCUT2D eigenvalue weighted by molar-refractivity contribution is 0.172. The minimum atomic E-state index is 0.914. The van der Waals surface area contributed by atoms with Gasteiger partial charge in [-0.2, -0.15) is 5.10 Å². The number of aromatic nitrogens is 2. The average Bonchev–Trinajstić information content (AvgIpc) is 2.91. The van der Waals surface area contributed by atoms with Crippen LogP contribution in [0, 0.1) is 5.92 Å². The van der Waals surface area contributed by atoms with Crippen LogP contribution in [0.25, 0.3) is 0 Å². The summed E-state index contributed by atoms with van der Waals surface area (Å²) in [6.07, 6.45) is 12.1. The second kappa shape index (κ2) is 7.57. The topological polar surface area (TPSA) is 21.1 Å². The van der Waals surface area contributed by atoms with Crippen molar-refractivity contribution in [3.63, 3.8) is 0 Å². The van der Waals surface area contributed by atoms with Gasteiger partial charge in [0.05, 0.1) is 0 Å². The van der Waals surface area contributed by atoms with E-state index in [9.17, 15) is 0 Å². The molecule has 3 heteroatoms. The van der Waals surface area contributed by atoms with Gasteiger partial charge in [-0.1, -0.05) is 19.8 Å². The molecule has 0 unspecified atom stereocenters. The zero-order valence-electron chi connectivity index (χ0n) is 11.7. The van der Waals surface area contributed by atoms with E-state index in [4.69, 9.17) is 0 Å². The fourth-order valence-corrected chi connectivity index (χ4v) is 2.83. The maximum atomic E-state index is 4.27. The van der Waals surface area contributed by atoms with Crippen molar-refractivity contribution >= 4 is 0 Å². The molecule has 0 bridgehead atoms. The second-order valence-electron chi connectivity index (χ2n) is 5.55. The first-order valence-electron chi connectivity index (χ1n) is 7.58. The van der Waals surface area contributed by atoms with Crippen molar-refractivity contribution in [2.75, 3.05) is 19.6 Å². The summed E-state index contributed by atoms with van der Waals surface area (Å²) < 4.78 is 2.06. The van der Waals surface area contributed by atoms with E-state index >= 15 is 0 Å². The van der Waals surface area contributed by atoms with Crippen LogP contribution in [0.4, 0.5) is 0 Å². The molecule has 0 spiro atoms. The van der Waals surface area contributed by atoms with Crippen LogP contribution < -0.4 is 0 Å². The van der Waals surface area contributed by atoms with Gasteiger partial charge < -0.3 is 4.90 Å². The van der Waals surface area contributed by atoms with E-state index in [1.54, 1.807) is 0 Å². The van der Waals surface area contributed by atoms with Gasteiger partial charge in [0.1, 0.15) is 0 Å². The van der Waals surface area contributed by atoms with Gasteiger partial charge in [0.15, 0.2) is 0 Å². The summed E-state index contributed by atoms with van der Waals surface area (Å²) in [5, 5.41) is 4.27. The highest BCUT2D eigenvalue weighted by Gasteiger charge is 2.18. The van der Waals surface area contributed by atoms with E-state index in [2.05, 4.69) is 27.8 Å². The molecule has 0 amide bonds. The van der Waals surface area contributed by atoms with E-state index in [-0.39, 0.29) is 0 Å². The van der Waals surface area contributed by atoms with Gasteiger partial charge in [-0.05, 0) is 57.3 Å². The minimum absolute atomic E-state index is 0.914. The van der Waals surface area contributed by atoms with Gasteiger partial charge in [0.25, 0.3) is 0 Å². The first-order chi connectivity index (χ1) is 8.88. The summed E-state index contributed by atoms with van der Waals surface area (Å²) in [6.45, 7) is 7.32. The SMILES string of the molecule is CCCCCN1CCC(CCn2cccn2)CC1. The van der Waals surface area contributed by atoms with Crippen LogP contribution in [0.15, 0.2) is 18.5 Å². The molecule has 0 saturated carbocycles. The first-order valence-corrected chi connectivity index (χ1v) is 7.58. The van der Waals surface area contributed by atoms with Crippen LogP contribution in [0.5, 0.6) is 0 Å². The smallest absolute Gasteiger partial charge is 0.0489 e. The Balaban J connectivity index is 1.58. The fraction of sp³-hybridized carbons (Fsp3) is 0.800. The Labute approximate surface area is 111 Å². The van der Waals surface area contributed by atoms with Crippen LogP contribution in [0.2, 0.25) is 0 Å². The minimum Gasteiger partial charge on any atom is -0.303 e. The highest BCUT2D eigenvalue weighted by Crippen LogP contribution is 2.21. The van der Waals surface area contributed by atoms with Crippen molar-refractivity contribution in [1.82, 2.24) is 14.7 Å². The van der Waals surface area contributed by atoms with Crippen LogP contribution in [-0.2, 0) is 6.54 Å². The van der Waals surface area contributed by atoms with Crippen molar-refractivity contribution in [2.24, 2.45) is 5.92 Å². The van der Waals surface area contributed by atoms with Gasteiger partial charge in [0.2, 0.25) is 0 Å². The summed E-state index contributed by atoms with van der Waals surface area (Å²) in [7, 11) is 0. The zero-order chi connectivity index (χ0) is 12.6. The number of rotatable bonds is 7. The van der Waals surface area contributed by atoms with Crippen molar-refractivity contribution in [3.05, 3.63) is 18.5 Å². The lowest BCUT2D eigenvalue weighted by Gasteiger charge is -2.31. The number of hydrogen-bond donors (Lipinski definition) is 0. The Morgan fingerprint density at radius 2 is 2.00 bits per heavy atom. The molecule has 1 aromatic heterocycles. The highest BCUT2D eigenvalue weighted by molar-refractivity contribution is 4.78. The third-order valence-electron chi connectivity index (χ3n) is 4.11. The van der Waals surface area contributed by atoms with Crippen LogP contribution >= 0.6 is 0 Å². The van der Waals surface area contributed by atoms with E-state index < -0.39 is 0 Å². The molecule has 2 rings (SSSR count). The molecule has 3 nitrogen and oxygen atoms in total. The Morgan fingerprint density at radius 3 is 2.67 bits per heavy atom. The lowest BCUT2D eigenvalue weighted by Crippen LogP contribution is -2.34. The summed E-state index contributed by atoms with van der Waals surface area (Å²) in [5.41, 5.74) is 0. The van der Waals surface area contributed by atoms with E-state index in [0.29, 0.717) is 0 Å². The number of nitrogens with zero attached hydrogens (tertiary/aromatic N) is 3. The van der Waals surface area contributed by atoms with Crippen molar-refractivity contribution in [3.8, 4) is 0 Å². The summed E-state index contributed by atoms with van der Waals surface area (Å²) in [4.78, 5) is 2.65. The van der Waals surface area contributed by atoms with Crippen LogP contribution in [0.3, 0.4) is 0 Å². The molecule has 0 aliphatic carbocycles. The molecule has 102 valence electrons. The van der Waals surface area contributed by atoms with Crippen molar-refractivity contribution in [1.29, 1.82) is 0 Å². The molecule has 1 aliphatic rings. The number of unbranched alkanes of at least 4 members (excludes halogenated alkanes) is 2. The van der Waals surface area contributed by atoms with Gasteiger partial charge in [-0.25, -0.2) is 0 Å². The molecule has 0 radical (unpaired) electrons. The van der Waals surface area contributed by atoms with E-state index in [1.807, 2.05) is 12.3 Å². The van der Waals surface area contributed by atoms with Gasteiger partial charge in [0, 0.05) is 18.9 Å². The predicted octanol–water partition coefficient (Wildman–Crippen LogP) is 3.18. The molecule has 1 saturated heterocycles. The normalized spacial score (nSPS) is 18.3. The maximum absolute atomic E-state index is 4.27. The summed E-state index contributed by atoms with van der Waals surface area (Å²) in [6, 6.07) is 2.01. The number of piperidine rings is 1. The molecule has 2 heterocycles. The molecule has 0 aromatic carbocycles. The summed E-state index contributed by atoms with van der Waals surface area (Å²) in [5.74, 6) is 0.914. The molecule has 1 fully saturated rings. The lowest BCUT2D eigenvalue weighted by atomic mass is 9.93. The largest absolute Gasteiger partial charge is 0.303 e. The monoisotopic (exact) mass is 249 g/mol. The molecular weight excluding hydrogens is 222 g/mol. The molecule has 0 atom stereocenters.